The molecule has 0 aliphatic rings. The molecule has 0 heterocycles. The van der Waals surface area contributed by atoms with Gasteiger partial charge < -0.3 is 15.2 Å². The van der Waals surface area contributed by atoms with E-state index in [-0.39, 0.29) is 5.70 Å². The number of hydrogen-bond donors (Lipinski definition) is 2. The Morgan fingerprint density at radius 3 is 2.31 bits per heavy atom. The summed E-state index contributed by atoms with van der Waals surface area (Å²) in [6, 6.07) is 20.4. The number of carboxylic acids is 1. The molecule has 2 N–H and O–H groups in total. The van der Waals surface area contributed by atoms with Crippen LogP contribution in [0.15, 0.2) is 83.0 Å². The number of carbonyl (C=O) groups excluding carboxylic acids is 1. The first-order chi connectivity index (χ1) is 13.9. The molecular weight excluding hydrogens is 458 g/mol. The molecule has 0 saturated heterocycles. The van der Waals surface area contributed by atoms with Crippen molar-refractivity contribution in [3.05, 3.63) is 99.1 Å². The van der Waals surface area contributed by atoms with Crippen LogP contribution >= 0.6 is 27.5 Å². The van der Waals surface area contributed by atoms with Gasteiger partial charge in [0.2, 0.25) is 0 Å². The molecule has 0 aromatic heterocycles. The molecule has 7 heteroatoms. The number of amides is 1. The molecule has 0 aliphatic heterocycles. The average molecular weight is 473 g/mol. The highest BCUT2D eigenvalue weighted by molar-refractivity contribution is 9.10. The Balaban J connectivity index is 1.75. The lowest BCUT2D eigenvalue weighted by molar-refractivity contribution is -0.132. The molecule has 3 aromatic carbocycles. The molecule has 29 heavy (non-hydrogen) atoms. The van der Waals surface area contributed by atoms with Crippen LogP contribution in [0.3, 0.4) is 0 Å². The van der Waals surface area contributed by atoms with Gasteiger partial charge in [0.25, 0.3) is 5.91 Å². The molecule has 0 unspecified atom stereocenters. The molecule has 0 saturated carbocycles. The Labute approximate surface area is 180 Å². The lowest BCUT2D eigenvalue weighted by Crippen LogP contribution is -2.27. The standard InChI is InChI=1S/C22H15BrClNO4/c23-18-13-16(24)8-11-20(18)29-17-9-6-14(7-10-17)12-19(22(27)28)25-21(26)15-4-2-1-3-5-15/h1-13H,(H,25,26)(H,27,28). The van der Waals surface area contributed by atoms with Gasteiger partial charge in [-0.2, -0.15) is 0 Å². The van der Waals surface area contributed by atoms with E-state index in [1.54, 1.807) is 72.8 Å². The zero-order chi connectivity index (χ0) is 20.8. The molecule has 1 amide bonds. The molecule has 5 nitrogen and oxygen atoms in total. The summed E-state index contributed by atoms with van der Waals surface area (Å²) in [7, 11) is 0. The largest absolute Gasteiger partial charge is 0.477 e. The second-order valence-corrected chi connectivity index (χ2v) is 7.22. The van der Waals surface area contributed by atoms with E-state index in [4.69, 9.17) is 16.3 Å². The maximum Gasteiger partial charge on any atom is 0.352 e. The minimum Gasteiger partial charge on any atom is -0.477 e. The van der Waals surface area contributed by atoms with Crippen LogP contribution in [-0.4, -0.2) is 17.0 Å². The van der Waals surface area contributed by atoms with Crippen LogP contribution in [0.2, 0.25) is 5.02 Å². The molecule has 0 fully saturated rings. The second-order valence-electron chi connectivity index (χ2n) is 5.93. The summed E-state index contributed by atoms with van der Waals surface area (Å²) >= 11 is 9.31. The first-order valence-electron chi connectivity index (χ1n) is 8.47. The number of halogens is 2. The van der Waals surface area contributed by atoms with E-state index in [0.717, 1.165) is 0 Å². The minimum absolute atomic E-state index is 0.229. The van der Waals surface area contributed by atoms with Gasteiger partial charge in [0.05, 0.1) is 4.47 Å². The molecule has 0 bridgehead atoms. The maximum atomic E-state index is 12.2. The van der Waals surface area contributed by atoms with Crippen LogP contribution in [0.25, 0.3) is 6.08 Å². The number of benzene rings is 3. The van der Waals surface area contributed by atoms with Crippen LogP contribution in [0.4, 0.5) is 0 Å². The Morgan fingerprint density at radius 1 is 1.00 bits per heavy atom. The number of nitrogens with one attached hydrogen (secondary N) is 1. The molecular formula is C22H15BrClNO4. The van der Waals surface area contributed by atoms with Crippen LogP contribution in [0.5, 0.6) is 11.5 Å². The van der Waals surface area contributed by atoms with Gasteiger partial charge in [-0.3, -0.25) is 4.79 Å². The topological polar surface area (TPSA) is 75.6 Å². The monoisotopic (exact) mass is 471 g/mol. The summed E-state index contributed by atoms with van der Waals surface area (Å²) in [6.45, 7) is 0. The fourth-order valence-electron chi connectivity index (χ4n) is 2.42. The van der Waals surface area contributed by atoms with E-state index >= 15 is 0 Å². The minimum atomic E-state index is -1.24. The number of hydrogen-bond acceptors (Lipinski definition) is 3. The highest BCUT2D eigenvalue weighted by Gasteiger charge is 2.13. The zero-order valence-electron chi connectivity index (χ0n) is 14.9. The number of aliphatic carboxylic acids is 1. The van der Waals surface area contributed by atoms with Crippen LogP contribution in [-0.2, 0) is 4.79 Å². The van der Waals surface area contributed by atoms with E-state index in [1.807, 2.05) is 0 Å². The number of carboxylic acid groups (broad SMARTS) is 1. The Morgan fingerprint density at radius 2 is 1.69 bits per heavy atom. The summed E-state index contributed by atoms with van der Waals surface area (Å²) in [5.41, 5.74) is 0.739. The van der Waals surface area contributed by atoms with E-state index < -0.39 is 11.9 Å². The third-order valence-electron chi connectivity index (χ3n) is 3.83. The summed E-state index contributed by atoms with van der Waals surface area (Å²) < 4.78 is 6.50. The average Bonchev–Trinajstić information content (AvgIpc) is 2.71. The van der Waals surface area contributed by atoms with Gasteiger partial charge in [0.15, 0.2) is 0 Å². The van der Waals surface area contributed by atoms with Gasteiger partial charge in [0.1, 0.15) is 17.2 Å². The van der Waals surface area contributed by atoms with Crippen LogP contribution in [0, 0.1) is 0 Å². The third kappa shape index (κ3) is 5.70. The normalized spacial score (nSPS) is 11.0. The molecule has 0 aliphatic carbocycles. The fourth-order valence-corrected chi connectivity index (χ4v) is 3.18. The third-order valence-corrected chi connectivity index (χ3v) is 4.68. The van der Waals surface area contributed by atoms with Crippen LogP contribution < -0.4 is 10.1 Å². The number of ether oxygens (including phenoxy) is 1. The van der Waals surface area contributed by atoms with E-state index in [9.17, 15) is 14.7 Å². The predicted molar refractivity (Wildman–Crippen MR) is 115 cm³/mol. The molecule has 0 atom stereocenters. The molecule has 0 radical (unpaired) electrons. The van der Waals surface area contributed by atoms with Crippen molar-refractivity contribution in [2.24, 2.45) is 0 Å². The van der Waals surface area contributed by atoms with Crippen molar-refractivity contribution in [2.75, 3.05) is 0 Å². The quantitative estimate of drug-likeness (QED) is 0.448. The summed E-state index contributed by atoms with van der Waals surface area (Å²) in [5.74, 6) is -0.569. The van der Waals surface area contributed by atoms with E-state index in [1.165, 1.54) is 6.08 Å². The van der Waals surface area contributed by atoms with Crippen molar-refractivity contribution in [3.63, 3.8) is 0 Å². The van der Waals surface area contributed by atoms with Crippen molar-refractivity contribution < 1.29 is 19.4 Å². The molecule has 146 valence electrons. The Hall–Kier alpha value is -3.09. The van der Waals surface area contributed by atoms with Crippen LogP contribution in [0.1, 0.15) is 15.9 Å². The van der Waals surface area contributed by atoms with Gasteiger partial charge in [0, 0.05) is 10.6 Å². The predicted octanol–water partition coefficient (Wildman–Crippen LogP) is 5.75. The van der Waals surface area contributed by atoms with Gasteiger partial charge in [-0.15, -0.1) is 0 Å². The van der Waals surface area contributed by atoms with Gasteiger partial charge >= 0.3 is 5.97 Å². The van der Waals surface area contributed by atoms with Gasteiger partial charge in [-0.05, 0) is 70.0 Å². The summed E-state index contributed by atoms with van der Waals surface area (Å²) in [6.07, 6.45) is 1.38. The Kier molecular flexibility index (Phi) is 6.69. The molecule has 0 spiro atoms. The SMILES string of the molecule is O=C(O)C(=Cc1ccc(Oc2ccc(Cl)cc2Br)cc1)NC(=O)c1ccccc1. The summed E-state index contributed by atoms with van der Waals surface area (Å²) in [5, 5.41) is 12.4. The number of rotatable bonds is 6. The van der Waals surface area contributed by atoms with E-state index in [2.05, 4.69) is 21.2 Å². The number of carbonyl (C=O) groups is 2. The lowest BCUT2D eigenvalue weighted by Gasteiger charge is -2.09. The summed E-state index contributed by atoms with van der Waals surface area (Å²) in [4.78, 5) is 23.7. The van der Waals surface area contributed by atoms with Gasteiger partial charge in [-0.25, -0.2) is 4.79 Å². The zero-order valence-corrected chi connectivity index (χ0v) is 17.3. The van der Waals surface area contributed by atoms with Crippen molar-refractivity contribution >= 4 is 45.5 Å². The van der Waals surface area contributed by atoms with Crippen molar-refractivity contribution in [3.8, 4) is 11.5 Å². The maximum absolute atomic E-state index is 12.2. The fraction of sp³-hybridized carbons (Fsp3) is 0. The lowest BCUT2D eigenvalue weighted by atomic mass is 10.1. The van der Waals surface area contributed by atoms with Crippen molar-refractivity contribution in [1.82, 2.24) is 5.32 Å². The highest BCUT2D eigenvalue weighted by atomic mass is 79.9. The smallest absolute Gasteiger partial charge is 0.352 e. The molecule has 3 rings (SSSR count). The van der Waals surface area contributed by atoms with Crippen molar-refractivity contribution in [1.29, 1.82) is 0 Å². The Bertz CT molecular complexity index is 1070. The highest BCUT2D eigenvalue weighted by Crippen LogP contribution is 2.32. The molecule has 3 aromatic rings. The van der Waals surface area contributed by atoms with Gasteiger partial charge in [-0.1, -0.05) is 41.9 Å². The second kappa shape index (κ2) is 9.41. The first-order valence-corrected chi connectivity index (χ1v) is 9.64. The van der Waals surface area contributed by atoms with E-state index in [0.29, 0.717) is 32.1 Å². The van der Waals surface area contributed by atoms with Crippen molar-refractivity contribution in [2.45, 2.75) is 0 Å². The first kappa shape index (κ1) is 20.6.